The average Bonchev–Trinajstić information content (AvgIpc) is 2.45. The van der Waals surface area contributed by atoms with Crippen LogP contribution in [0.4, 0.5) is 4.79 Å². The van der Waals surface area contributed by atoms with Gasteiger partial charge < -0.3 is 15.4 Å². The molecule has 110 valence electrons. The summed E-state index contributed by atoms with van der Waals surface area (Å²) in [7, 11) is 1.62. The van der Waals surface area contributed by atoms with Crippen LogP contribution in [0.25, 0.3) is 0 Å². The van der Waals surface area contributed by atoms with Crippen LogP contribution in [-0.2, 0) is 17.8 Å². The molecule has 0 bridgehead atoms. The Labute approximate surface area is 120 Å². The molecule has 2 amide bonds. The number of amides is 2. The van der Waals surface area contributed by atoms with Gasteiger partial charge in [-0.3, -0.25) is 4.90 Å². The number of carbonyl (C=O) groups excluding carboxylic acids is 1. The molecule has 1 saturated heterocycles. The highest BCUT2D eigenvalue weighted by atomic mass is 16.5. The van der Waals surface area contributed by atoms with Crippen molar-refractivity contribution in [3.05, 3.63) is 35.4 Å². The number of rotatable bonds is 4. The molecule has 1 unspecified atom stereocenters. The second-order valence-corrected chi connectivity index (χ2v) is 5.17. The van der Waals surface area contributed by atoms with Gasteiger partial charge in [-0.2, -0.15) is 0 Å². The Morgan fingerprint density at radius 3 is 3.00 bits per heavy atom. The first kappa shape index (κ1) is 14.8. The van der Waals surface area contributed by atoms with E-state index in [-0.39, 0.29) is 6.03 Å². The van der Waals surface area contributed by atoms with Crippen LogP contribution >= 0.6 is 0 Å². The second kappa shape index (κ2) is 7.26. The van der Waals surface area contributed by atoms with E-state index in [1.165, 1.54) is 5.56 Å². The summed E-state index contributed by atoms with van der Waals surface area (Å²) >= 11 is 0. The van der Waals surface area contributed by atoms with Crippen molar-refractivity contribution in [3.8, 4) is 0 Å². The minimum Gasteiger partial charge on any atom is -0.376 e. The zero-order chi connectivity index (χ0) is 14.4. The molecule has 5 nitrogen and oxygen atoms in total. The molecule has 1 heterocycles. The van der Waals surface area contributed by atoms with E-state index in [9.17, 15) is 4.79 Å². The molecule has 20 heavy (non-hydrogen) atoms. The van der Waals surface area contributed by atoms with Gasteiger partial charge in [0.15, 0.2) is 0 Å². The fourth-order valence-electron chi connectivity index (χ4n) is 2.40. The maximum Gasteiger partial charge on any atom is 0.314 e. The van der Waals surface area contributed by atoms with Crippen molar-refractivity contribution in [2.75, 3.05) is 26.7 Å². The van der Waals surface area contributed by atoms with Gasteiger partial charge >= 0.3 is 6.03 Å². The van der Waals surface area contributed by atoms with E-state index in [0.29, 0.717) is 12.6 Å². The Bertz CT molecular complexity index is 450. The number of nitrogens with one attached hydrogen (secondary N) is 2. The molecule has 1 fully saturated rings. The minimum atomic E-state index is -0.155. The normalized spacial score (nSPS) is 19.6. The highest BCUT2D eigenvalue weighted by molar-refractivity contribution is 5.73. The number of hydrogen-bond acceptors (Lipinski definition) is 3. The zero-order valence-electron chi connectivity index (χ0n) is 12.2. The van der Waals surface area contributed by atoms with E-state index in [1.807, 2.05) is 12.1 Å². The van der Waals surface area contributed by atoms with Crippen molar-refractivity contribution < 1.29 is 9.53 Å². The van der Waals surface area contributed by atoms with Crippen molar-refractivity contribution in [2.45, 2.75) is 26.1 Å². The van der Waals surface area contributed by atoms with Gasteiger partial charge in [0.25, 0.3) is 0 Å². The summed E-state index contributed by atoms with van der Waals surface area (Å²) in [6, 6.07) is 8.19. The van der Waals surface area contributed by atoms with Crippen molar-refractivity contribution in [2.24, 2.45) is 0 Å². The Hall–Kier alpha value is -1.59. The van der Waals surface area contributed by atoms with Crippen LogP contribution in [0.2, 0.25) is 0 Å². The van der Waals surface area contributed by atoms with E-state index in [0.717, 1.165) is 31.8 Å². The van der Waals surface area contributed by atoms with Crippen LogP contribution in [0.15, 0.2) is 24.3 Å². The number of carbonyl (C=O) groups is 1. The van der Waals surface area contributed by atoms with Crippen LogP contribution in [0.3, 0.4) is 0 Å². The summed E-state index contributed by atoms with van der Waals surface area (Å²) < 4.78 is 5.55. The summed E-state index contributed by atoms with van der Waals surface area (Å²) in [5, 5.41) is 5.35. The predicted molar refractivity (Wildman–Crippen MR) is 78.4 cm³/mol. The summed E-state index contributed by atoms with van der Waals surface area (Å²) in [6.07, 6.45) is 0.307. The van der Waals surface area contributed by atoms with E-state index in [2.05, 4.69) is 34.6 Å². The number of urea groups is 1. The van der Waals surface area contributed by atoms with Gasteiger partial charge in [0.05, 0.1) is 12.7 Å². The summed E-state index contributed by atoms with van der Waals surface area (Å²) in [6.45, 7) is 6.34. The quantitative estimate of drug-likeness (QED) is 0.873. The standard InChI is InChI=1S/C15H23N3O2/c1-12-10-18(6-7-20-12)11-14-5-3-4-13(8-14)9-17-15(19)16-2/h3-5,8,12H,6-7,9-11H2,1-2H3,(H2,16,17,19). The number of ether oxygens (including phenoxy) is 1. The lowest BCUT2D eigenvalue weighted by molar-refractivity contribution is -0.0212. The summed E-state index contributed by atoms with van der Waals surface area (Å²) in [4.78, 5) is 13.6. The van der Waals surface area contributed by atoms with Crippen molar-refractivity contribution in [1.82, 2.24) is 15.5 Å². The maximum absolute atomic E-state index is 11.2. The summed E-state index contributed by atoms with van der Waals surface area (Å²) in [5.41, 5.74) is 2.39. The third-order valence-corrected chi connectivity index (χ3v) is 3.40. The van der Waals surface area contributed by atoms with Crippen LogP contribution in [0.5, 0.6) is 0 Å². The average molecular weight is 277 g/mol. The van der Waals surface area contributed by atoms with E-state index in [4.69, 9.17) is 4.74 Å². The fraction of sp³-hybridized carbons (Fsp3) is 0.533. The molecule has 0 radical (unpaired) electrons. The molecule has 0 spiro atoms. The molecule has 0 saturated carbocycles. The van der Waals surface area contributed by atoms with Crippen LogP contribution in [0.1, 0.15) is 18.1 Å². The van der Waals surface area contributed by atoms with Gasteiger partial charge in [-0.1, -0.05) is 24.3 Å². The smallest absolute Gasteiger partial charge is 0.314 e. The van der Waals surface area contributed by atoms with Crippen LogP contribution < -0.4 is 10.6 Å². The molecule has 1 atom stereocenters. The third kappa shape index (κ3) is 4.51. The van der Waals surface area contributed by atoms with E-state index < -0.39 is 0 Å². The highest BCUT2D eigenvalue weighted by Gasteiger charge is 2.16. The Morgan fingerprint density at radius 2 is 2.25 bits per heavy atom. The molecule has 0 aliphatic carbocycles. The largest absolute Gasteiger partial charge is 0.376 e. The Morgan fingerprint density at radius 1 is 1.45 bits per heavy atom. The van der Waals surface area contributed by atoms with Gasteiger partial charge in [-0.05, 0) is 18.1 Å². The molecule has 2 N–H and O–H groups in total. The molecule has 1 aliphatic rings. The molecule has 1 aromatic carbocycles. The first-order chi connectivity index (χ1) is 9.67. The van der Waals surface area contributed by atoms with Crippen molar-refractivity contribution >= 4 is 6.03 Å². The number of nitrogens with zero attached hydrogens (tertiary/aromatic N) is 1. The number of hydrogen-bond donors (Lipinski definition) is 2. The predicted octanol–water partition coefficient (Wildman–Crippen LogP) is 1.34. The first-order valence-electron chi connectivity index (χ1n) is 7.04. The molecular formula is C15H23N3O2. The molecule has 1 aromatic rings. The molecule has 1 aliphatic heterocycles. The lowest BCUT2D eigenvalue weighted by Crippen LogP contribution is -2.40. The zero-order valence-corrected chi connectivity index (χ0v) is 12.2. The van der Waals surface area contributed by atoms with Crippen molar-refractivity contribution in [3.63, 3.8) is 0 Å². The van der Waals surface area contributed by atoms with Crippen LogP contribution in [-0.4, -0.2) is 43.8 Å². The van der Waals surface area contributed by atoms with E-state index in [1.54, 1.807) is 7.05 Å². The SMILES string of the molecule is CNC(=O)NCc1cccc(CN2CCOC(C)C2)c1. The molecule has 2 rings (SSSR count). The second-order valence-electron chi connectivity index (χ2n) is 5.17. The Kier molecular flexibility index (Phi) is 5.38. The van der Waals surface area contributed by atoms with Gasteiger partial charge in [-0.25, -0.2) is 4.79 Å². The fourth-order valence-corrected chi connectivity index (χ4v) is 2.40. The molecule has 0 aromatic heterocycles. The van der Waals surface area contributed by atoms with Crippen LogP contribution in [0, 0.1) is 0 Å². The summed E-state index contributed by atoms with van der Waals surface area (Å²) in [5.74, 6) is 0. The topological polar surface area (TPSA) is 53.6 Å². The van der Waals surface area contributed by atoms with Gasteiger partial charge in [0.1, 0.15) is 0 Å². The number of benzene rings is 1. The van der Waals surface area contributed by atoms with Gasteiger partial charge in [0.2, 0.25) is 0 Å². The monoisotopic (exact) mass is 277 g/mol. The molecule has 5 heteroatoms. The third-order valence-electron chi connectivity index (χ3n) is 3.40. The lowest BCUT2D eigenvalue weighted by atomic mass is 10.1. The number of morpholine rings is 1. The first-order valence-corrected chi connectivity index (χ1v) is 7.04. The minimum absolute atomic E-state index is 0.155. The highest BCUT2D eigenvalue weighted by Crippen LogP contribution is 2.12. The van der Waals surface area contributed by atoms with Gasteiger partial charge in [-0.15, -0.1) is 0 Å². The van der Waals surface area contributed by atoms with Gasteiger partial charge in [0, 0.05) is 33.2 Å². The lowest BCUT2D eigenvalue weighted by Gasteiger charge is -2.31. The van der Waals surface area contributed by atoms with Crippen molar-refractivity contribution in [1.29, 1.82) is 0 Å². The molecular weight excluding hydrogens is 254 g/mol. The maximum atomic E-state index is 11.2. The van der Waals surface area contributed by atoms with E-state index >= 15 is 0 Å². The Balaban J connectivity index is 1.90.